The molecular formula is C32H62O4. The van der Waals surface area contributed by atoms with Gasteiger partial charge in [0.2, 0.25) is 0 Å². The zero-order chi connectivity index (χ0) is 26.7. The third-order valence-corrected chi connectivity index (χ3v) is 7.35. The number of hydrogen-bond donors (Lipinski definition) is 0. The topological polar surface area (TPSA) is 52.6 Å². The van der Waals surface area contributed by atoms with Crippen molar-refractivity contribution >= 4 is 11.9 Å². The van der Waals surface area contributed by atoms with Crippen molar-refractivity contribution in [2.24, 2.45) is 11.8 Å². The Hall–Kier alpha value is -1.06. The maximum Gasteiger partial charge on any atom is 0.306 e. The molecule has 1 atom stereocenters. The zero-order valence-corrected chi connectivity index (χ0v) is 24.8. The summed E-state index contributed by atoms with van der Waals surface area (Å²) in [5.41, 5.74) is 0. The lowest BCUT2D eigenvalue weighted by molar-refractivity contribution is -0.145. The molecule has 0 fully saturated rings. The predicted molar refractivity (Wildman–Crippen MR) is 153 cm³/mol. The fraction of sp³-hybridized carbons (Fsp3) is 0.938. The van der Waals surface area contributed by atoms with Crippen molar-refractivity contribution in [3.63, 3.8) is 0 Å². The van der Waals surface area contributed by atoms with Crippen LogP contribution in [0.25, 0.3) is 0 Å². The van der Waals surface area contributed by atoms with Gasteiger partial charge in [0.15, 0.2) is 0 Å². The molecule has 0 rings (SSSR count). The van der Waals surface area contributed by atoms with Crippen LogP contribution in [0.15, 0.2) is 0 Å². The summed E-state index contributed by atoms with van der Waals surface area (Å²) in [4.78, 5) is 24.0. The van der Waals surface area contributed by atoms with Crippen LogP contribution in [0.1, 0.15) is 169 Å². The van der Waals surface area contributed by atoms with Gasteiger partial charge in [-0.2, -0.15) is 0 Å². The molecule has 0 amide bonds. The maximum absolute atomic E-state index is 12.2. The smallest absolute Gasteiger partial charge is 0.306 e. The molecule has 0 aliphatic heterocycles. The summed E-state index contributed by atoms with van der Waals surface area (Å²) in [6, 6.07) is 0. The number of carbonyl (C=O) groups is 2. The van der Waals surface area contributed by atoms with E-state index in [9.17, 15) is 9.59 Å². The Bertz CT molecular complexity index is 489. The van der Waals surface area contributed by atoms with Crippen LogP contribution in [0.4, 0.5) is 0 Å². The monoisotopic (exact) mass is 510 g/mol. The van der Waals surface area contributed by atoms with E-state index in [4.69, 9.17) is 9.47 Å². The van der Waals surface area contributed by atoms with Gasteiger partial charge in [-0.3, -0.25) is 9.59 Å². The number of rotatable bonds is 27. The minimum Gasteiger partial charge on any atom is -0.466 e. The highest BCUT2D eigenvalue weighted by Gasteiger charge is 2.18. The summed E-state index contributed by atoms with van der Waals surface area (Å²) in [5, 5.41) is 0. The molecular weight excluding hydrogens is 448 g/mol. The van der Waals surface area contributed by atoms with E-state index in [1.54, 1.807) is 0 Å². The van der Waals surface area contributed by atoms with E-state index in [-0.39, 0.29) is 11.9 Å². The van der Waals surface area contributed by atoms with Crippen LogP contribution in [-0.2, 0) is 19.1 Å². The van der Waals surface area contributed by atoms with Crippen LogP contribution in [0, 0.1) is 11.8 Å². The van der Waals surface area contributed by atoms with Gasteiger partial charge in [0.25, 0.3) is 0 Å². The molecule has 0 saturated carbocycles. The lowest BCUT2D eigenvalue weighted by Crippen LogP contribution is -2.17. The Morgan fingerprint density at radius 1 is 0.528 bits per heavy atom. The van der Waals surface area contributed by atoms with E-state index >= 15 is 0 Å². The molecule has 0 N–H and O–H groups in total. The summed E-state index contributed by atoms with van der Waals surface area (Å²) in [6.07, 6.45) is 25.2. The highest BCUT2D eigenvalue weighted by atomic mass is 16.5. The minimum absolute atomic E-state index is 0.000127. The first-order valence-electron chi connectivity index (χ1n) is 15.8. The molecule has 214 valence electrons. The summed E-state index contributed by atoms with van der Waals surface area (Å²) in [6.45, 7) is 10.1. The van der Waals surface area contributed by atoms with E-state index in [0.29, 0.717) is 37.9 Å². The number of carbonyl (C=O) groups excluding carboxylic acids is 2. The molecule has 36 heavy (non-hydrogen) atoms. The second-order valence-corrected chi connectivity index (χ2v) is 11.2. The van der Waals surface area contributed by atoms with Crippen LogP contribution in [-0.4, -0.2) is 25.2 Å². The summed E-state index contributed by atoms with van der Waals surface area (Å²) in [5.74, 6) is 0.969. The molecule has 0 saturated heterocycles. The van der Waals surface area contributed by atoms with Crippen LogP contribution >= 0.6 is 0 Å². The van der Waals surface area contributed by atoms with E-state index in [0.717, 1.165) is 32.1 Å². The van der Waals surface area contributed by atoms with Crippen LogP contribution < -0.4 is 0 Å². The number of hydrogen-bond acceptors (Lipinski definition) is 4. The predicted octanol–water partition coefficient (Wildman–Crippen LogP) is 9.97. The van der Waals surface area contributed by atoms with Crippen molar-refractivity contribution in [2.75, 3.05) is 13.2 Å². The first-order valence-corrected chi connectivity index (χ1v) is 15.8. The number of unbranched alkanes of at least 4 members (excludes halogenated alkanes) is 16. The summed E-state index contributed by atoms with van der Waals surface area (Å²) >= 11 is 0. The van der Waals surface area contributed by atoms with Gasteiger partial charge in [-0.05, 0) is 37.5 Å². The van der Waals surface area contributed by atoms with Gasteiger partial charge in [0.05, 0.1) is 13.2 Å². The standard InChI is InChI=1S/C32H62O4/c1-5-7-9-18-22-26-35-31(33)25-21-17-15-13-11-12-14-16-20-24-30(29(3)4)28-32(34)36-27-23-19-10-8-6-2/h29-30H,5-28H2,1-4H3. The largest absolute Gasteiger partial charge is 0.466 e. The number of esters is 2. The van der Waals surface area contributed by atoms with Crippen LogP contribution in [0.3, 0.4) is 0 Å². The van der Waals surface area contributed by atoms with Gasteiger partial charge in [-0.25, -0.2) is 0 Å². The molecule has 0 heterocycles. The van der Waals surface area contributed by atoms with Gasteiger partial charge >= 0.3 is 11.9 Å². The van der Waals surface area contributed by atoms with Gasteiger partial charge in [-0.15, -0.1) is 0 Å². The quantitative estimate of drug-likeness (QED) is 0.0814. The van der Waals surface area contributed by atoms with Gasteiger partial charge in [0, 0.05) is 12.8 Å². The summed E-state index contributed by atoms with van der Waals surface area (Å²) in [7, 11) is 0. The van der Waals surface area contributed by atoms with Crippen LogP contribution in [0.2, 0.25) is 0 Å². The fourth-order valence-corrected chi connectivity index (χ4v) is 4.71. The fourth-order valence-electron chi connectivity index (χ4n) is 4.71. The molecule has 4 heteroatoms. The maximum atomic E-state index is 12.2. The van der Waals surface area contributed by atoms with Gasteiger partial charge < -0.3 is 9.47 Å². The molecule has 0 aromatic heterocycles. The molecule has 0 bridgehead atoms. The molecule has 0 spiro atoms. The first-order chi connectivity index (χ1) is 17.5. The second-order valence-electron chi connectivity index (χ2n) is 11.2. The van der Waals surface area contributed by atoms with E-state index in [1.807, 2.05) is 0 Å². The Labute approximate surface area is 225 Å². The van der Waals surface area contributed by atoms with Crippen molar-refractivity contribution in [2.45, 2.75) is 169 Å². The molecule has 4 nitrogen and oxygen atoms in total. The molecule has 0 radical (unpaired) electrons. The Morgan fingerprint density at radius 2 is 0.944 bits per heavy atom. The van der Waals surface area contributed by atoms with Gasteiger partial charge in [-0.1, -0.05) is 130 Å². The van der Waals surface area contributed by atoms with Gasteiger partial charge in [0.1, 0.15) is 0 Å². The molecule has 0 aliphatic rings. The first kappa shape index (κ1) is 34.9. The van der Waals surface area contributed by atoms with Crippen molar-refractivity contribution in [3.05, 3.63) is 0 Å². The Morgan fingerprint density at radius 3 is 1.44 bits per heavy atom. The number of ether oxygens (including phenoxy) is 2. The highest BCUT2D eigenvalue weighted by Crippen LogP contribution is 2.23. The zero-order valence-electron chi connectivity index (χ0n) is 24.8. The van der Waals surface area contributed by atoms with E-state index in [1.165, 1.54) is 96.3 Å². The lowest BCUT2D eigenvalue weighted by atomic mass is 9.87. The third-order valence-electron chi connectivity index (χ3n) is 7.35. The third kappa shape index (κ3) is 24.6. The minimum atomic E-state index is -0.0131. The van der Waals surface area contributed by atoms with Crippen molar-refractivity contribution in [1.82, 2.24) is 0 Å². The summed E-state index contributed by atoms with van der Waals surface area (Å²) < 4.78 is 10.8. The molecule has 1 unspecified atom stereocenters. The Kier molecular flexibility index (Phi) is 26.2. The average Bonchev–Trinajstić information content (AvgIpc) is 2.85. The van der Waals surface area contributed by atoms with Crippen molar-refractivity contribution in [1.29, 1.82) is 0 Å². The Balaban J connectivity index is 3.56. The lowest BCUT2D eigenvalue weighted by Gasteiger charge is -2.20. The molecule has 0 aliphatic carbocycles. The SMILES string of the molecule is CCCCCCCOC(=O)CCCCCCCCCCCC(CC(=O)OCCCCCCC)C(C)C. The van der Waals surface area contributed by atoms with Crippen molar-refractivity contribution < 1.29 is 19.1 Å². The second kappa shape index (κ2) is 27.0. The van der Waals surface area contributed by atoms with E-state index in [2.05, 4.69) is 27.7 Å². The van der Waals surface area contributed by atoms with E-state index < -0.39 is 0 Å². The van der Waals surface area contributed by atoms with Crippen LogP contribution in [0.5, 0.6) is 0 Å². The molecule has 0 aromatic rings. The van der Waals surface area contributed by atoms with Crippen molar-refractivity contribution in [3.8, 4) is 0 Å². The average molecular weight is 511 g/mol. The molecule has 0 aromatic carbocycles. The normalized spacial score (nSPS) is 12.1. The highest BCUT2D eigenvalue weighted by molar-refractivity contribution is 5.69.